The van der Waals surface area contributed by atoms with Crippen LogP contribution in [-0.2, 0) is 4.79 Å². The largest absolute Gasteiger partial charge is 0.382 e. The van der Waals surface area contributed by atoms with E-state index >= 15 is 0 Å². The number of halogens is 1. The summed E-state index contributed by atoms with van der Waals surface area (Å²) in [5, 5.41) is 14.2. The Kier molecular flexibility index (Phi) is 5.42. The molecule has 0 spiro atoms. The van der Waals surface area contributed by atoms with E-state index in [1.54, 1.807) is 48.5 Å². The summed E-state index contributed by atoms with van der Waals surface area (Å²) < 4.78 is 15.6. The second-order valence-electron chi connectivity index (χ2n) is 8.36. The summed E-state index contributed by atoms with van der Waals surface area (Å²) in [6.45, 7) is 2.80. The minimum atomic E-state index is -0.335. The third-order valence-corrected chi connectivity index (χ3v) is 6.37. The molecule has 5 rings (SSSR count). The van der Waals surface area contributed by atoms with E-state index in [1.165, 1.54) is 10.6 Å². The molecule has 3 aromatic heterocycles. The Bertz CT molecular complexity index is 1430. The Labute approximate surface area is 195 Å². The molecule has 4 aromatic rings. The normalized spacial score (nSPS) is 14.3. The number of benzene rings is 1. The van der Waals surface area contributed by atoms with Crippen LogP contribution in [0.15, 0.2) is 48.8 Å². The van der Waals surface area contributed by atoms with Crippen molar-refractivity contribution in [3.63, 3.8) is 0 Å². The Balaban J connectivity index is 1.54. The molecular weight excluding hydrogens is 433 g/mol. The molecule has 8 nitrogen and oxygen atoms in total. The van der Waals surface area contributed by atoms with Crippen molar-refractivity contribution >= 4 is 17.4 Å². The number of nitrogen functional groups attached to an aromatic ring is 1. The van der Waals surface area contributed by atoms with Gasteiger partial charge in [0, 0.05) is 48.8 Å². The quantitative estimate of drug-likeness (QED) is 0.503. The molecule has 1 aliphatic heterocycles. The summed E-state index contributed by atoms with van der Waals surface area (Å²) >= 11 is 0. The number of aromatic nitrogens is 4. The van der Waals surface area contributed by atoms with Crippen LogP contribution in [0, 0.1) is 17.1 Å². The maximum atomic E-state index is 14.1. The lowest BCUT2D eigenvalue weighted by molar-refractivity contribution is -0.129. The first-order valence-corrected chi connectivity index (χ1v) is 11.0. The van der Waals surface area contributed by atoms with Crippen LogP contribution in [0.5, 0.6) is 0 Å². The molecule has 1 saturated heterocycles. The maximum Gasteiger partial charge on any atom is 0.219 e. The summed E-state index contributed by atoms with van der Waals surface area (Å²) in [4.78, 5) is 22.8. The van der Waals surface area contributed by atoms with Crippen molar-refractivity contribution in [3.8, 4) is 28.5 Å². The zero-order valence-electron chi connectivity index (χ0n) is 18.6. The molecule has 1 amide bonds. The van der Waals surface area contributed by atoms with Crippen LogP contribution >= 0.6 is 0 Å². The first kappa shape index (κ1) is 21.5. The Morgan fingerprint density at radius 2 is 1.91 bits per heavy atom. The summed E-state index contributed by atoms with van der Waals surface area (Å²) in [6, 6.07) is 12.3. The number of pyridine rings is 1. The highest BCUT2D eigenvalue weighted by molar-refractivity contribution is 5.79. The second-order valence-corrected chi connectivity index (χ2v) is 8.36. The number of carbonyl (C=O) groups excluding carboxylic acids is 1. The fourth-order valence-corrected chi connectivity index (χ4v) is 4.50. The van der Waals surface area contributed by atoms with Gasteiger partial charge in [0.05, 0.1) is 17.6 Å². The van der Waals surface area contributed by atoms with Gasteiger partial charge in [0.25, 0.3) is 0 Å². The lowest BCUT2D eigenvalue weighted by Gasteiger charge is -2.31. The third kappa shape index (κ3) is 3.63. The first-order chi connectivity index (χ1) is 16.5. The van der Waals surface area contributed by atoms with Crippen molar-refractivity contribution in [2.45, 2.75) is 25.7 Å². The average Bonchev–Trinajstić information content (AvgIpc) is 3.29. The van der Waals surface area contributed by atoms with Gasteiger partial charge in [0.2, 0.25) is 5.91 Å². The number of hydrogen-bond donors (Lipinski definition) is 1. The van der Waals surface area contributed by atoms with Crippen molar-refractivity contribution in [3.05, 3.63) is 65.9 Å². The Morgan fingerprint density at radius 3 is 2.56 bits per heavy atom. The molecule has 1 fully saturated rings. The summed E-state index contributed by atoms with van der Waals surface area (Å²) in [7, 11) is 0. The number of likely N-dealkylation sites (tertiary alicyclic amines) is 1. The topological polar surface area (TPSA) is 113 Å². The zero-order valence-corrected chi connectivity index (χ0v) is 18.6. The standard InChI is InChI=1S/C25H22FN7O/c1-15(34)32-10-8-16(9-11-32)23-19(12-27)24(28)33-25(31-23)20(14-30-33)17-6-7-22(29-13-17)18-4-2-3-5-21(18)26/h2-7,13-14,16H,8-11,28H2,1H3. The summed E-state index contributed by atoms with van der Waals surface area (Å²) in [5.74, 6) is -0.0375. The van der Waals surface area contributed by atoms with Gasteiger partial charge in [0.1, 0.15) is 23.3 Å². The zero-order chi connectivity index (χ0) is 23.8. The van der Waals surface area contributed by atoms with Crippen molar-refractivity contribution < 1.29 is 9.18 Å². The van der Waals surface area contributed by atoms with Crippen molar-refractivity contribution in [2.75, 3.05) is 18.8 Å². The minimum Gasteiger partial charge on any atom is -0.382 e. The monoisotopic (exact) mass is 455 g/mol. The number of fused-ring (bicyclic) bond motifs is 1. The van der Waals surface area contributed by atoms with Crippen molar-refractivity contribution in [1.29, 1.82) is 5.26 Å². The van der Waals surface area contributed by atoms with E-state index in [0.29, 0.717) is 59.7 Å². The highest BCUT2D eigenvalue weighted by atomic mass is 19.1. The van der Waals surface area contributed by atoms with E-state index in [2.05, 4.69) is 16.2 Å². The molecule has 34 heavy (non-hydrogen) atoms. The fraction of sp³-hybridized carbons (Fsp3) is 0.240. The second kappa shape index (κ2) is 8.56. The number of rotatable bonds is 3. The molecule has 1 aromatic carbocycles. The number of nitriles is 1. The molecule has 0 unspecified atom stereocenters. The van der Waals surface area contributed by atoms with Gasteiger partial charge in [0.15, 0.2) is 5.65 Å². The lowest BCUT2D eigenvalue weighted by atomic mass is 9.90. The van der Waals surface area contributed by atoms with Gasteiger partial charge in [-0.25, -0.2) is 9.37 Å². The number of hydrogen-bond acceptors (Lipinski definition) is 6. The Morgan fingerprint density at radius 1 is 1.15 bits per heavy atom. The molecule has 0 radical (unpaired) electrons. The van der Waals surface area contributed by atoms with Crippen LogP contribution in [0.2, 0.25) is 0 Å². The molecule has 4 heterocycles. The van der Waals surface area contributed by atoms with Crippen LogP contribution in [0.25, 0.3) is 28.0 Å². The van der Waals surface area contributed by atoms with E-state index in [-0.39, 0.29) is 23.5 Å². The van der Waals surface area contributed by atoms with E-state index < -0.39 is 0 Å². The number of nitrogens with zero attached hydrogens (tertiary/aromatic N) is 6. The molecule has 9 heteroatoms. The van der Waals surface area contributed by atoms with Crippen LogP contribution in [-0.4, -0.2) is 43.5 Å². The number of carbonyl (C=O) groups is 1. The minimum absolute atomic E-state index is 0.0156. The highest BCUT2D eigenvalue weighted by Gasteiger charge is 2.28. The molecule has 1 aliphatic rings. The lowest BCUT2D eigenvalue weighted by Crippen LogP contribution is -2.36. The van der Waals surface area contributed by atoms with Gasteiger partial charge in [-0.2, -0.15) is 14.9 Å². The van der Waals surface area contributed by atoms with E-state index in [1.807, 2.05) is 6.07 Å². The van der Waals surface area contributed by atoms with Gasteiger partial charge in [-0.3, -0.25) is 9.78 Å². The number of amides is 1. The Hall–Kier alpha value is -4.32. The van der Waals surface area contributed by atoms with Gasteiger partial charge < -0.3 is 10.6 Å². The van der Waals surface area contributed by atoms with Gasteiger partial charge >= 0.3 is 0 Å². The smallest absolute Gasteiger partial charge is 0.219 e. The first-order valence-electron chi connectivity index (χ1n) is 11.0. The van der Waals surface area contributed by atoms with Gasteiger partial charge in [-0.05, 0) is 31.0 Å². The molecule has 0 bridgehead atoms. The maximum absolute atomic E-state index is 14.1. The van der Waals surface area contributed by atoms with Crippen molar-refractivity contribution in [1.82, 2.24) is 24.5 Å². The third-order valence-electron chi connectivity index (χ3n) is 6.37. The molecule has 0 aliphatic carbocycles. The molecular formula is C25H22FN7O. The SMILES string of the molecule is CC(=O)N1CCC(c2nc3c(-c4ccc(-c5ccccc5F)nc4)cnn3c(N)c2C#N)CC1. The highest BCUT2D eigenvalue weighted by Crippen LogP contribution is 2.34. The predicted octanol–water partition coefficient (Wildman–Crippen LogP) is 3.78. The van der Waals surface area contributed by atoms with E-state index in [0.717, 1.165) is 5.56 Å². The fourth-order valence-electron chi connectivity index (χ4n) is 4.50. The number of piperidine rings is 1. The van der Waals surface area contributed by atoms with Crippen LogP contribution < -0.4 is 5.73 Å². The number of anilines is 1. The molecule has 170 valence electrons. The average molecular weight is 455 g/mol. The van der Waals surface area contributed by atoms with Crippen LogP contribution in [0.1, 0.15) is 36.9 Å². The predicted molar refractivity (Wildman–Crippen MR) is 125 cm³/mol. The van der Waals surface area contributed by atoms with E-state index in [4.69, 9.17) is 10.7 Å². The molecule has 0 atom stereocenters. The van der Waals surface area contributed by atoms with Crippen molar-refractivity contribution in [2.24, 2.45) is 0 Å². The van der Waals surface area contributed by atoms with Crippen LogP contribution in [0.3, 0.4) is 0 Å². The molecule has 0 saturated carbocycles. The summed E-state index contributed by atoms with van der Waals surface area (Å²) in [6.07, 6.45) is 4.71. The van der Waals surface area contributed by atoms with Gasteiger partial charge in [-0.1, -0.05) is 18.2 Å². The summed E-state index contributed by atoms with van der Waals surface area (Å²) in [5.41, 5.74) is 10.2. The van der Waals surface area contributed by atoms with Crippen LogP contribution in [0.4, 0.5) is 10.2 Å². The molecule has 2 N–H and O–H groups in total. The van der Waals surface area contributed by atoms with E-state index in [9.17, 15) is 14.4 Å². The number of nitrogens with two attached hydrogens (primary N) is 1. The van der Waals surface area contributed by atoms with Gasteiger partial charge in [-0.15, -0.1) is 0 Å².